The van der Waals surface area contributed by atoms with Gasteiger partial charge in [0.25, 0.3) is 5.91 Å². The molecule has 2 nitrogen and oxygen atoms in total. The first-order valence-electron chi connectivity index (χ1n) is 6.41. The molecule has 0 bridgehead atoms. The molecule has 2 atom stereocenters. The largest absolute Gasteiger partial charge is 0.352 e. The van der Waals surface area contributed by atoms with Gasteiger partial charge >= 0.3 is 0 Å². The SMILES string of the molecule is O=C(NCC1CCCC1CBr)c1ccc(F)c(F)c1. The highest BCUT2D eigenvalue weighted by Gasteiger charge is 2.26. The average molecular weight is 332 g/mol. The Bertz CT molecular complexity index is 467. The summed E-state index contributed by atoms with van der Waals surface area (Å²) in [5, 5.41) is 3.75. The van der Waals surface area contributed by atoms with E-state index in [0.29, 0.717) is 18.4 Å². The number of hydrogen-bond donors (Lipinski definition) is 1. The summed E-state index contributed by atoms with van der Waals surface area (Å²) in [4.78, 5) is 11.8. The monoisotopic (exact) mass is 331 g/mol. The van der Waals surface area contributed by atoms with Gasteiger partial charge in [0.1, 0.15) is 0 Å². The summed E-state index contributed by atoms with van der Waals surface area (Å²) in [6.45, 7) is 0.591. The van der Waals surface area contributed by atoms with Gasteiger partial charge in [0.2, 0.25) is 0 Å². The maximum absolute atomic E-state index is 13.0. The molecular formula is C14H16BrF2NO. The van der Waals surface area contributed by atoms with Gasteiger partial charge in [-0.2, -0.15) is 0 Å². The van der Waals surface area contributed by atoms with Crippen LogP contribution in [-0.2, 0) is 0 Å². The Balaban J connectivity index is 1.92. The Hall–Kier alpha value is -0.970. The molecule has 0 aromatic heterocycles. The van der Waals surface area contributed by atoms with Crippen molar-refractivity contribution in [1.29, 1.82) is 0 Å². The van der Waals surface area contributed by atoms with Crippen LogP contribution in [0.4, 0.5) is 8.78 Å². The lowest BCUT2D eigenvalue weighted by Crippen LogP contribution is -2.31. The van der Waals surface area contributed by atoms with E-state index in [1.165, 1.54) is 18.9 Å². The molecule has 0 aliphatic heterocycles. The zero-order valence-corrected chi connectivity index (χ0v) is 12.1. The van der Waals surface area contributed by atoms with E-state index in [9.17, 15) is 13.6 Å². The Kier molecular flexibility index (Phi) is 4.91. The molecule has 1 N–H and O–H groups in total. The van der Waals surface area contributed by atoms with E-state index in [1.54, 1.807) is 0 Å². The molecule has 1 amide bonds. The molecule has 1 saturated carbocycles. The number of benzene rings is 1. The normalized spacial score (nSPS) is 22.5. The molecule has 1 aromatic carbocycles. The summed E-state index contributed by atoms with van der Waals surface area (Å²) in [6.07, 6.45) is 3.47. The third-order valence-corrected chi connectivity index (χ3v) is 4.55. The molecule has 0 radical (unpaired) electrons. The van der Waals surface area contributed by atoms with Crippen molar-refractivity contribution in [2.45, 2.75) is 19.3 Å². The van der Waals surface area contributed by atoms with Gasteiger partial charge in [0, 0.05) is 17.4 Å². The fraction of sp³-hybridized carbons (Fsp3) is 0.500. The minimum absolute atomic E-state index is 0.160. The fourth-order valence-corrected chi connectivity index (χ4v) is 3.40. The predicted molar refractivity (Wildman–Crippen MR) is 73.3 cm³/mol. The zero-order valence-electron chi connectivity index (χ0n) is 10.5. The van der Waals surface area contributed by atoms with E-state index < -0.39 is 11.6 Å². The minimum atomic E-state index is -0.994. The Morgan fingerprint density at radius 2 is 2.00 bits per heavy atom. The van der Waals surface area contributed by atoms with Crippen molar-refractivity contribution in [1.82, 2.24) is 5.32 Å². The Morgan fingerprint density at radius 3 is 2.68 bits per heavy atom. The van der Waals surface area contributed by atoms with E-state index in [0.717, 1.165) is 23.9 Å². The smallest absolute Gasteiger partial charge is 0.251 e. The number of amides is 1. The summed E-state index contributed by atoms with van der Waals surface area (Å²) in [5.74, 6) is -1.23. The molecule has 2 unspecified atom stereocenters. The minimum Gasteiger partial charge on any atom is -0.352 e. The molecule has 1 aromatic rings. The van der Waals surface area contributed by atoms with Crippen LogP contribution in [-0.4, -0.2) is 17.8 Å². The van der Waals surface area contributed by atoms with E-state index in [-0.39, 0.29) is 11.5 Å². The maximum Gasteiger partial charge on any atom is 0.251 e. The van der Waals surface area contributed by atoms with Gasteiger partial charge < -0.3 is 5.32 Å². The number of alkyl halides is 1. The van der Waals surface area contributed by atoms with Crippen LogP contribution in [0.25, 0.3) is 0 Å². The molecule has 1 fully saturated rings. The zero-order chi connectivity index (χ0) is 13.8. The molecule has 1 aliphatic rings. The molecule has 104 valence electrons. The van der Waals surface area contributed by atoms with E-state index >= 15 is 0 Å². The van der Waals surface area contributed by atoms with Gasteiger partial charge in [-0.1, -0.05) is 22.4 Å². The van der Waals surface area contributed by atoms with Crippen LogP contribution in [0.2, 0.25) is 0 Å². The molecule has 0 spiro atoms. The number of halogens is 3. The van der Waals surface area contributed by atoms with Crippen molar-refractivity contribution in [2.24, 2.45) is 11.8 Å². The molecule has 2 rings (SSSR count). The highest BCUT2D eigenvalue weighted by molar-refractivity contribution is 9.09. The van der Waals surface area contributed by atoms with Gasteiger partial charge in [0.05, 0.1) is 0 Å². The van der Waals surface area contributed by atoms with Crippen LogP contribution in [0.5, 0.6) is 0 Å². The number of rotatable bonds is 4. The second-order valence-corrected chi connectivity index (χ2v) is 5.59. The number of carbonyl (C=O) groups excluding carboxylic acids is 1. The van der Waals surface area contributed by atoms with Crippen molar-refractivity contribution >= 4 is 21.8 Å². The average Bonchev–Trinajstić information content (AvgIpc) is 2.86. The highest BCUT2D eigenvalue weighted by atomic mass is 79.9. The molecule has 19 heavy (non-hydrogen) atoms. The van der Waals surface area contributed by atoms with Crippen LogP contribution in [0, 0.1) is 23.5 Å². The Labute approximate surface area is 119 Å². The van der Waals surface area contributed by atoms with Crippen LogP contribution >= 0.6 is 15.9 Å². The summed E-state index contributed by atoms with van der Waals surface area (Å²) >= 11 is 3.48. The lowest BCUT2D eigenvalue weighted by molar-refractivity contribution is 0.0944. The summed E-state index contributed by atoms with van der Waals surface area (Å²) < 4.78 is 25.8. The van der Waals surface area contributed by atoms with Crippen molar-refractivity contribution in [3.63, 3.8) is 0 Å². The second kappa shape index (κ2) is 6.46. The topological polar surface area (TPSA) is 29.1 Å². The van der Waals surface area contributed by atoms with E-state index in [1.807, 2.05) is 0 Å². The number of nitrogens with one attached hydrogen (secondary N) is 1. The quantitative estimate of drug-likeness (QED) is 0.840. The van der Waals surface area contributed by atoms with Crippen molar-refractivity contribution in [3.8, 4) is 0 Å². The maximum atomic E-state index is 13.0. The first-order valence-corrected chi connectivity index (χ1v) is 7.53. The highest BCUT2D eigenvalue weighted by Crippen LogP contribution is 2.32. The van der Waals surface area contributed by atoms with Gasteiger partial charge in [0.15, 0.2) is 11.6 Å². The van der Waals surface area contributed by atoms with E-state index in [4.69, 9.17) is 0 Å². The molecule has 1 aliphatic carbocycles. The molecular weight excluding hydrogens is 316 g/mol. The molecule has 5 heteroatoms. The standard InChI is InChI=1S/C14H16BrF2NO/c15-7-10-2-1-3-11(10)8-18-14(19)9-4-5-12(16)13(17)6-9/h4-6,10-11H,1-3,7-8H2,(H,18,19). The first kappa shape index (κ1) is 14.4. The van der Waals surface area contributed by atoms with Gasteiger partial charge in [-0.3, -0.25) is 4.79 Å². The predicted octanol–water partition coefficient (Wildman–Crippen LogP) is 3.51. The third-order valence-electron chi connectivity index (χ3n) is 3.72. The first-order chi connectivity index (χ1) is 9.11. The third kappa shape index (κ3) is 3.53. The Morgan fingerprint density at radius 1 is 1.26 bits per heavy atom. The van der Waals surface area contributed by atoms with Gasteiger partial charge in [-0.05, 0) is 42.9 Å². The number of carbonyl (C=O) groups is 1. The van der Waals surface area contributed by atoms with Crippen molar-refractivity contribution in [3.05, 3.63) is 35.4 Å². The summed E-state index contributed by atoms with van der Waals surface area (Å²) in [7, 11) is 0. The van der Waals surface area contributed by atoms with Crippen molar-refractivity contribution < 1.29 is 13.6 Å². The lowest BCUT2D eigenvalue weighted by atomic mass is 9.98. The van der Waals surface area contributed by atoms with Crippen LogP contribution in [0.15, 0.2) is 18.2 Å². The second-order valence-electron chi connectivity index (χ2n) is 4.94. The summed E-state index contributed by atoms with van der Waals surface area (Å²) in [6, 6.07) is 3.20. The van der Waals surface area contributed by atoms with Crippen molar-refractivity contribution in [2.75, 3.05) is 11.9 Å². The molecule has 0 saturated heterocycles. The van der Waals surface area contributed by atoms with Gasteiger partial charge in [-0.15, -0.1) is 0 Å². The molecule has 0 heterocycles. The van der Waals surface area contributed by atoms with E-state index in [2.05, 4.69) is 21.2 Å². The lowest BCUT2D eigenvalue weighted by Gasteiger charge is -2.17. The van der Waals surface area contributed by atoms with Crippen LogP contribution < -0.4 is 5.32 Å². The van der Waals surface area contributed by atoms with Crippen LogP contribution in [0.3, 0.4) is 0 Å². The fourth-order valence-electron chi connectivity index (χ4n) is 2.55. The number of hydrogen-bond acceptors (Lipinski definition) is 1. The summed E-state index contributed by atoms with van der Waals surface area (Å²) in [5.41, 5.74) is 0.160. The van der Waals surface area contributed by atoms with Crippen LogP contribution in [0.1, 0.15) is 29.6 Å². The van der Waals surface area contributed by atoms with Gasteiger partial charge in [-0.25, -0.2) is 8.78 Å².